The van der Waals surface area contributed by atoms with E-state index in [1.807, 2.05) is 32.9 Å². The van der Waals surface area contributed by atoms with Gasteiger partial charge in [0.2, 0.25) is 0 Å². The summed E-state index contributed by atoms with van der Waals surface area (Å²) in [6.07, 6.45) is 0. The van der Waals surface area contributed by atoms with Gasteiger partial charge in [0.25, 0.3) is 0 Å². The summed E-state index contributed by atoms with van der Waals surface area (Å²) >= 11 is 0. The molecule has 4 aromatic carbocycles. The number of ketones is 1. The van der Waals surface area contributed by atoms with Gasteiger partial charge in [0.1, 0.15) is 0 Å². The van der Waals surface area contributed by atoms with E-state index in [2.05, 4.69) is 74.5 Å². The second kappa shape index (κ2) is 9.15. The third-order valence-electron chi connectivity index (χ3n) is 7.64. The van der Waals surface area contributed by atoms with Crippen molar-refractivity contribution in [3.05, 3.63) is 128 Å². The van der Waals surface area contributed by atoms with E-state index < -0.39 is 5.41 Å². The van der Waals surface area contributed by atoms with Gasteiger partial charge in [-0.2, -0.15) is 0 Å². The van der Waals surface area contributed by atoms with E-state index in [-0.39, 0.29) is 11.8 Å². The first-order chi connectivity index (χ1) is 17.7. The summed E-state index contributed by atoms with van der Waals surface area (Å²) in [5.41, 5.74) is 12.0. The SMILES string of the molecule is CCOC(=O)c1ccc(C2(c3ccc(C(C)=O)c(C)c3)c3cc(C)ccc3-c3ccc(C)cc32)cc1C. The fraction of sp³-hybridized carbons (Fsp3) is 0.235. The Hall–Kier alpha value is -3.98. The van der Waals surface area contributed by atoms with Crippen molar-refractivity contribution in [3.63, 3.8) is 0 Å². The van der Waals surface area contributed by atoms with Crippen molar-refractivity contribution in [1.82, 2.24) is 0 Å². The standard InChI is InChI=1S/C34H32O3/c1-7-37-33(36)28-15-11-26(19-23(28)5)34(25-10-14-27(24(6)35)22(4)18-25)31-16-20(2)8-12-29(31)30-13-9-21(3)17-32(30)34/h8-19H,7H2,1-6H3. The molecule has 1 aliphatic carbocycles. The number of carbonyl (C=O) groups excluding carboxylic acids is 2. The summed E-state index contributed by atoms with van der Waals surface area (Å²) in [5.74, 6) is -0.243. The van der Waals surface area contributed by atoms with Crippen LogP contribution in [0.3, 0.4) is 0 Å². The first kappa shape index (κ1) is 24.7. The van der Waals surface area contributed by atoms with Crippen LogP contribution in [0.15, 0.2) is 72.8 Å². The third-order valence-corrected chi connectivity index (χ3v) is 7.64. The number of esters is 1. The van der Waals surface area contributed by atoms with E-state index in [9.17, 15) is 9.59 Å². The van der Waals surface area contributed by atoms with Crippen LogP contribution < -0.4 is 0 Å². The van der Waals surface area contributed by atoms with Gasteiger partial charge in [-0.1, -0.05) is 77.9 Å². The zero-order valence-electron chi connectivity index (χ0n) is 22.4. The Labute approximate surface area is 219 Å². The van der Waals surface area contributed by atoms with E-state index in [4.69, 9.17) is 4.74 Å². The molecule has 0 aliphatic heterocycles. The number of carbonyl (C=O) groups is 2. The highest BCUT2D eigenvalue weighted by atomic mass is 16.5. The van der Waals surface area contributed by atoms with E-state index in [1.165, 1.54) is 33.4 Å². The Balaban J connectivity index is 1.90. The van der Waals surface area contributed by atoms with Gasteiger partial charge in [-0.25, -0.2) is 4.79 Å². The summed E-state index contributed by atoms with van der Waals surface area (Å²) in [6, 6.07) is 25.6. The zero-order valence-corrected chi connectivity index (χ0v) is 22.4. The number of aryl methyl sites for hydroxylation is 4. The minimum atomic E-state index is -0.596. The molecular formula is C34H32O3. The molecule has 0 amide bonds. The summed E-state index contributed by atoms with van der Waals surface area (Å²) < 4.78 is 5.31. The maximum atomic E-state index is 12.6. The summed E-state index contributed by atoms with van der Waals surface area (Å²) in [6.45, 7) is 12.0. The van der Waals surface area contributed by atoms with E-state index in [0.29, 0.717) is 12.2 Å². The maximum Gasteiger partial charge on any atom is 0.338 e. The highest BCUT2D eigenvalue weighted by Gasteiger charge is 2.46. The number of hydrogen-bond donors (Lipinski definition) is 0. The lowest BCUT2D eigenvalue weighted by Gasteiger charge is -2.35. The number of fused-ring (bicyclic) bond motifs is 3. The van der Waals surface area contributed by atoms with Crippen molar-refractivity contribution in [2.75, 3.05) is 6.61 Å². The first-order valence-electron chi connectivity index (χ1n) is 12.8. The first-order valence-corrected chi connectivity index (χ1v) is 12.8. The van der Waals surface area contributed by atoms with Crippen LogP contribution in [-0.2, 0) is 10.2 Å². The van der Waals surface area contributed by atoms with Crippen molar-refractivity contribution in [2.24, 2.45) is 0 Å². The molecule has 1 aliphatic rings. The monoisotopic (exact) mass is 488 g/mol. The van der Waals surface area contributed by atoms with Crippen LogP contribution in [0.2, 0.25) is 0 Å². The molecule has 0 saturated carbocycles. The number of rotatable bonds is 5. The number of ether oxygens (including phenoxy) is 1. The molecule has 3 heteroatoms. The van der Waals surface area contributed by atoms with Crippen LogP contribution in [0.4, 0.5) is 0 Å². The maximum absolute atomic E-state index is 12.6. The average molecular weight is 489 g/mol. The lowest BCUT2D eigenvalue weighted by molar-refractivity contribution is 0.0525. The van der Waals surface area contributed by atoms with Gasteiger partial charge in [0.15, 0.2) is 5.78 Å². The van der Waals surface area contributed by atoms with E-state index >= 15 is 0 Å². The van der Waals surface area contributed by atoms with Gasteiger partial charge in [-0.05, 0) is 92.1 Å². The second-order valence-corrected chi connectivity index (χ2v) is 10.2. The van der Waals surface area contributed by atoms with E-state index in [0.717, 1.165) is 27.8 Å². The lowest BCUT2D eigenvalue weighted by Crippen LogP contribution is -2.29. The normalized spacial score (nSPS) is 13.1. The largest absolute Gasteiger partial charge is 0.462 e. The van der Waals surface area contributed by atoms with Gasteiger partial charge in [0, 0.05) is 5.56 Å². The highest BCUT2D eigenvalue weighted by molar-refractivity contribution is 5.96. The summed E-state index contributed by atoms with van der Waals surface area (Å²) in [7, 11) is 0. The molecule has 4 aromatic rings. The molecule has 0 bridgehead atoms. The molecule has 0 radical (unpaired) electrons. The Kier molecular flexibility index (Phi) is 6.11. The zero-order chi connectivity index (χ0) is 26.5. The van der Waals surface area contributed by atoms with Crippen molar-refractivity contribution in [3.8, 4) is 11.1 Å². The molecule has 0 saturated heterocycles. The van der Waals surface area contributed by atoms with Crippen LogP contribution in [-0.4, -0.2) is 18.4 Å². The lowest BCUT2D eigenvalue weighted by atomic mass is 9.66. The molecule has 0 atom stereocenters. The van der Waals surface area contributed by atoms with Crippen molar-refractivity contribution in [2.45, 2.75) is 47.0 Å². The average Bonchev–Trinajstić information content (AvgIpc) is 3.13. The molecule has 0 fully saturated rings. The third kappa shape index (κ3) is 3.81. The van der Waals surface area contributed by atoms with Gasteiger partial charge in [-0.15, -0.1) is 0 Å². The number of Topliss-reactive ketones (excluding diaryl/α,β-unsaturated/α-hetero) is 1. The highest BCUT2D eigenvalue weighted by Crippen LogP contribution is 2.56. The molecule has 5 rings (SSSR count). The molecule has 186 valence electrons. The molecule has 3 nitrogen and oxygen atoms in total. The Morgan fingerprint density at radius 2 is 1.16 bits per heavy atom. The minimum absolute atomic E-state index is 0.0617. The van der Waals surface area contributed by atoms with Gasteiger partial charge in [0.05, 0.1) is 17.6 Å². The minimum Gasteiger partial charge on any atom is -0.462 e. The van der Waals surface area contributed by atoms with Crippen molar-refractivity contribution < 1.29 is 14.3 Å². The fourth-order valence-electron chi connectivity index (χ4n) is 5.97. The molecule has 0 heterocycles. The van der Waals surface area contributed by atoms with Gasteiger partial charge >= 0.3 is 5.97 Å². The van der Waals surface area contributed by atoms with E-state index in [1.54, 1.807) is 6.92 Å². The van der Waals surface area contributed by atoms with Crippen molar-refractivity contribution >= 4 is 11.8 Å². The predicted octanol–water partition coefficient (Wildman–Crippen LogP) is 7.66. The summed E-state index contributed by atoms with van der Waals surface area (Å²) in [4.78, 5) is 24.9. The summed E-state index contributed by atoms with van der Waals surface area (Å²) in [5, 5.41) is 0. The molecular weight excluding hydrogens is 456 g/mol. The Morgan fingerprint density at radius 3 is 1.59 bits per heavy atom. The van der Waals surface area contributed by atoms with Crippen molar-refractivity contribution in [1.29, 1.82) is 0 Å². The molecule has 0 spiro atoms. The Bertz CT molecular complexity index is 1520. The molecule has 37 heavy (non-hydrogen) atoms. The van der Waals surface area contributed by atoms with Crippen LogP contribution in [0, 0.1) is 27.7 Å². The smallest absolute Gasteiger partial charge is 0.338 e. The number of hydrogen-bond acceptors (Lipinski definition) is 3. The van der Waals surface area contributed by atoms with Crippen LogP contribution in [0.25, 0.3) is 11.1 Å². The quantitative estimate of drug-likeness (QED) is 0.188. The van der Waals surface area contributed by atoms with Crippen LogP contribution >= 0.6 is 0 Å². The van der Waals surface area contributed by atoms with Crippen LogP contribution in [0.5, 0.6) is 0 Å². The molecule has 0 N–H and O–H groups in total. The predicted molar refractivity (Wildman–Crippen MR) is 149 cm³/mol. The second-order valence-electron chi connectivity index (χ2n) is 10.2. The molecule has 0 aromatic heterocycles. The van der Waals surface area contributed by atoms with Crippen LogP contribution in [0.1, 0.15) is 79.1 Å². The Morgan fingerprint density at radius 1 is 0.676 bits per heavy atom. The number of benzene rings is 4. The van der Waals surface area contributed by atoms with Gasteiger partial charge in [-0.3, -0.25) is 4.79 Å². The topological polar surface area (TPSA) is 43.4 Å². The fourth-order valence-corrected chi connectivity index (χ4v) is 5.97. The molecule has 0 unspecified atom stereocenters. The van der Waals surface area contributed by atoms with Gasteiger partial charge < -0.3 is 4.74 Å².